The Kier molecular flexibility index (Phi) is 4.81. The lowest BCUT2D eigenvalue weighted by molar-refractivity contribution is 0.102. The van der Waals surface area contributed by atoms with Crippen molar-refractivity contribution in [3.8, 4) is 0 Å². The van der Waals surface area contributed by atoms with Crippen LogP contribution in [0.3, 0.4) is 0 Å². The van der Waals surface area contributed by atoms with E-state index in [1.807, 2.05) is 6.07 Å². The van der Waals surface area contributed by atoms with E-state index in [1.165, 1.54) is 0 Å². The number of nitrogens with zero attached hydrogens (tertiary/aromatic N) is 1. The zero-order chi connectivity index (χ0) is 15.5. The molecule has 0 aromatic heterocycles. The van der Waals surface area contributed by atoms with Crippen molar-refractivity contribution in [1.82, 2.24) is 0 Å². The molecule has 0 bridgehead atoms. The van der Waals surface area contributed by atoms with Crippen LogP contribution < -0.4 is 9.62 Å². The zero-order valence-corrected chi connectivity index (χ0v) is 14.0. The first-order chi connectivity index (χ1) is 10.6. The number of anilines is 2. The lowest BCUT2D eigenvalue weighted by Crippen LogP contribution is -2.13. The molecule has 1 heterocycles. The van der Waals surface area contributed by atoms with Crippen LogP contribution in [0.25, 0.3) is 0 Å². The summed E-state index contributed by atoms with van der Waals surface area (Å²) >= 11 is 13.9. The Balaban J connectivity index is 1.75. The van der Waals surface area contributed by atoms with E-state index in [2.05, 4.69) is 9.62 Å². The minimum absolute atomic E-state index is 0.190. The first-order valence-electron chi connectivity index (χ1n) is 6.90. The van der Waals surface area contributed by atoms with Crippen molar-refractivity contribution in [2.75, 3.05) is 21.9 Å². The molecule has 1 saturated heterocycles. The summed E-state index contributed by atoms with van der Waals surface area (Å²) in [4.78, 5) is 12.3. The molecule has 0 aliphatic carbocycles. The molecule has 1 amide bonds. The Hall–Kier alpha value is -1.36. The quantitative estimate of drug-likeness (QED) is 0.779. The van der Waals surface area contributed by atoms with Gasteiger partial charge in [0.15, 0.2) is 0 Å². The van der Waals surface area contributed by atoms with Crippen LogP contribution in [-0.4, -0.2) is 18.2 Å². The summed E-state index contributed by atoms with van der Waals surface area (Å²) in [6.07, 6.45) is 1.15. The molecule has 0 atom stereocenters. The third kappa shape index (κ3) is 3.51. The molecule has 2 aromatic carbocycles. The number of carbonyl (C=O) groups excluding carboxylic acids is 1. The van der Waals surface area contributed by atoms with Gasteiger partial charge in [0, 0.05) is 28.6 Å². The fraction of sp³-hybridized carbons (Fsp3) is 0.188. The standard InChI is InChI=1S/C16H14Cl2N2OS/c17-12-3-5-13(6-4-12)19-16(21)11-2-7-15(14(18)10-11)20-8-1-9-22-20/h2-7,10H,1,8-9H2,(H,19,21). The van der Waals surface area contributed by atoms with Crippen molar-refractivity contribution in [2.24, 2.45) is 0 Å². The maximum atomic E-state index is 12.3. The fourth-order valence-electron chi connectivity index (χ4n) is 2.22. The molecule has 0 saturated carbocycles. The molecule has 2 aromatic rings. The second-order valence-corrected chi connectivity index (χ2v) is 6.87. The molecule has 22 heavy (non-hydrogen) atoms. The van der Waals surface area contributed by atoms with E-state index < -0.39 is 0 Å². The summed E-state index contributed by atoms with van der Waals surface area (Å²) < 4.78 is 2.17. The first kappa shape index (κ1) is 15.5. The molecule has 114 valence electrons. The number of amides is 1. The summed E-state index contributed by atoms with van der Waals surface area (Å²) in [5, 5.41) is 4.06. The molecule has 0 unspecified atom stereocenters. The number of rotatable bonds is 3. The third-order valence-electron chi connectivity index (χ3n) is 3.33. The Labute approximate surface area is 143 Å². The maximum Gasteiger partial charge on any atom is 0.255 e. The number of benzene rings is 2. The van der Waals surface area contributed by atoms with Crippen LogP contribution in [0.1, 0.15) is 16.8 Å². The van der Waals surface area contributed by atoms with Crippen molar-refractivity contribution >= 4 is 52.4 Å². The largest absolute Gasteiger partial charge is 0.322 e. The van der Waals surface area contributed by atoms with E-state index in [0.29, 0.717) is 21.3 Å². The second kappa shape index (κ2) is 6.82. The number of nitrogens with one attached hydrogen (secondary N) is 1. The Morgan fingerprint density at radius 1 is 1.14 bits per heavy atom. The average molecular weight is 353 g/mol. The van der Waals surface area contributed by atoms with Gasteiger partial charge in [0.05, 0.1) is 10.7 Å². The van der Waals surface area contributed by atoms with Crippen LogP contribution >= 0.6 is 35.1 Å². The van der Waals surface area contributed by atoms with Gasteiger partial charge < -0.3 is 9.62 Å². The summed E-state index contributed by atoms with van der Waals surface area (Å²) in [7, 11) is 0. The number of hydrogen-bond acceptors (Lipinski definition) is 3. The van der Waals surface area contributed by atoms with Crippen LogP contribution in [0.2, 0.25) is 10.0 Å². The lowest BCUT2D eigenvalue weighted by Gasteiger charge is -2.18. The monoisotopic (exact) mass is 352 g/mol. The summed E-state index contributed by atoms with van der Waals surface area (Å²) in [6.45, 7) is 0.987. The maximum absolute atomic E-state index is 12.3. The Morgan fingerprint density at radius 2 is 1.91 bits per heavy atom. The van der Waals surface area contributed by atoms with Gasteiger partial charge in [-0.2, -0.15) is 0 Å². The zero-order valence-electron chi connectivity index (χ0n) is 11.7. The van der Waals surface area contributed by atoms with E-state index >= 15 is 0 Å². The van der Waals surface area contributed by atoms with Crippen molar-refractivity contribution in [2.45, 2.75) is 6.42 Å². The molecule has 6 heteroatoms. The van der Waals surface area contributed by atoms with Gasteiger partial charge in [-0.3, -0.25) is 4.79 Å². The van der Waals surface area contributed by atoms with Crippen LogP contribution in [0.15, 0.2) is 42.5 Å². The van der Waals surface area contributed by atoms with E-state index in [-0.39, 0.29) is 5.91 Å². The smallest absolute Gasteiger partial charge is 0.255 e. The topological polar surface area (TPSA) is 32.3 Å². The van der Waals surface area contributed by atoms with Gasteiger partial charge in [-0.05, 0) is 60.8 Å². The highest BCUT2D eigenvalue weighted by atomic mass is 35.5. The number of carbonyl (C=O) groups is 1. The van der Waals surface area contributed by atoms with Gasteiger partial charge in [-0.1, -0.05) is 23.2 Å². The summed E-state index contributed by atoms with van der Waals surface area (Å²) in [6, 6.07) is 12.4. The Bertz CT molecular complexity index is 685. The SMILES string of the molecule is O=C(Nc1ccc(Cl)cc1)c1ccc(N2CCCS2)c(Cl)c1. The highest BCUT2D eigenvalue weighted by molar-refractivity contribution is 8.00. The van der Waals surface area contributed by atoms with Gasteiger partial charge >= 0.3 is 0 Å². The third-order valence-corrected chi connectivity index (χ3v) is 5.05. The number of halogens is 2. The fourth-order valence-corrected chi connectivity index (χ4v) is 3.72. The predicted molar refractivity (Wildman–Crippen MR) is 95.3 cm³/mol. The van der Waals surface area contributed by atoms with Crippen LogP contribution in [0.5, 0.6) is 0 Å². The van der Waals surface area contributed by atoms with E-state index in [9.17, 15) is 4.79 Å². The van der Waals surface area contributed by atoms with Crippen molar-refractivity contribution < 1.29 is 4.79 Å². The van der Waals surface area contributed by atoms with E-state index in [0.717, 1.165) is 24.4 Å². The molecule has 1 fully saturated rings. The van der Waals surface area contributed by atoms with Crippen LogP contribution in [0.4, 0.5) is 11.4 Å². The second-order valence-electron chi connectivity index (χ2n) is 4.92. The summed E-state index contributed by atoms with van der Waals surface area (Å²) in [5.41, 5.74) is 2.20. The van der Waals surface area contributed by atoms with Gasteiger partial charge in [0.1, 0.15) is 0 Å². The first-order valence-corrected chi connectivity index (χ1v) is 8.60. The molecular weight excluding hydrogens is 339 g/mol. The molecular formula is C16H14Cl2N2OS. The molecule has 0 spiro atoms. The van der Waals surface area contributed by atoms with E-state index in [1.54, 1.807) is 48.3 Å². The van der Waals surface area contributed by atoms with Crippen molar-refractivity contribution in [3.63, 3.8) is 0 Å². The molecule has 3 rings (SSSR count). The minimum Gasteiger partial charge on any atom is -0.322 e. The van der Waals surface area contributed by atoms with Gasteiger partial charge in [-0.15, -0.1) is 0 Å². The van der Waals surface area contributed by atoms with Crippen LogP contribution in [0, 0.1) is 0 Å². The van der Waals surface area contributed by atoms with Gasteiger partial charge in [0.2, 0.25) is 0 Å². The number of hydrogen-bond donors (Lipinski definition) is 1. The molecule has 1 N–H and O–H groups in total. The van der Waals surface area contributed by atoms with E-state index in [4.69, 9.17) is 23.2 Å². The van der Waals surface area contributed by atoms with Crippen LogP contribution in [-0.2, 0) is 0 Å². The molecule has 0 radical (unpaired) electrons. The highest BCUT2D eigenvalue weighted by Gasteiger charge is 2.17. The lowest BCUT2D eigenvalue weighted by atomic mass is 10.2. The average Bonchev–Trinajstić information content (AvgIpc) is 3.03. The normalized spacial score (nSPS) is 14.2. The summed E-state index contributed by atoms with van der Waals surface area (Å²) in [5.74, 6) is 0.916. The molecule has 1 aliphatic rings. The molecule has 3 nitrogen and oxygen atoms in total. The Morgan fingerprint density at radius 3 is 2.55 bits per heavy atom. The highest BCUT2D eigenvalue weighted by Crippen LogP contribution is 2.34. The predicted octanol–water partition coefficient (Wildman–Crippen LogP) is 5.10. The van der Waals surface area contributed by atoms with Crippen molar-refractivity contribution in [3.05, 3.63) is 58.1 Å². The van der Waals surface area contributed by atoms with Gasteiger partial charge in [0.25, 0.3) is 5.91 Å². The van der Waals surface area contributed by atoms with Crippen molar-refractivity contribution in [1.29, 1.82) is 0 Å². The molecule has 1 aliphatic heterocycles. The minimum atomic E-state index is -0.190. The van der Waals surface area contributed by atoms with Gasteiger partial charge in [-0.25, -0.2) is 0 Å².